The molecule has 0 saturated heterocycles. The fraction of sp³-hybridized carbons (Fsp3) is 0.182. The molecule has 0 bridgehead atoms. The van der Waals surface area contributed by atoms with E-state index < -0.39 is 0 Å². The summed E-state index contributed by atoms with van der Waals surface area (Å²) in [7, 11) is 0. The third-order valence-corrected chi connectivity index (χ3v) is 4.32. The number of anilines is 1. The van der Waals surface area contributed by atoms with Crippen LogP contribution in [0.2, 0.25) is 5.02 Å². The van der Waals surface area contributed by atoms with Crippen molar-refractivity contribution in [3.63, 3.8) is 0 Å². The minimum Gasteiger partial charge on any atom is -0.489 e. The number of carbonyl (C=O) groups is 1. The van der Waals surface area contributed by atoms with Crippen molar-refractivity contribution in [1.29, 1.82) is 0 Å². The minimum absolute atomic E-state index is 0.0305. The highest BCUT2D eigenvalue weighted by atomic mass is 35.5. The normalized spacial score (nSPS) is 10.5. The Morgan fingerprint density at radius 1 is 0.929 bits per heavy atom. The molecule has 1 aromatic heterocycles. The highest BCUT2D eigenvalue weighted by Crippen LogP contribution is 2.18. The van der Waals surface area contributed by atoms with Crippen molar-refractivity contribution in [3.8, 4) is 5.75 Å². The van der Waals surface area contributed by atoms with Gasteiger partial charge in [-0.2, -0.15) is 0 Å². The van der Waals surface area contributed by atoms with Gasteiger partial charge in [-0.3, -0.25) is 9.78 Å². The smallest absolute Gasteiger partial charge is 0.225 e. The zero-order valence-corrected chi connectivity index (χ0v) is 16.2. The molecule has 0 radical (unpaired) electrons. The molecule has 3 aromatic rings. The Bertz CT molecular complexity index is 869. The molecular weight excluding hydrogens is 374 g/mol. The summed E-state index contributed by atoms with van der Waals surface area (Å²) in [6, 6.07) is 18.8. The van der Waals surface area contributed by atoms with Crippen molar-refractivity contribution < 1.29 is 9.53 Å². The van der Waals surface area contributed by atoms with Crippen LogP contribution in [0.15, 0.2) is 73.1 Å². The third kappa shape index (κ3) is 6.68. The molecule has 0 aliphatic carbocycles. The Balaban J connectivity index is 1.37. The van der Waals surface area contributed by atoms with Crippen molar-refractivity contribution >= 4 is 23.2 Å². The number of rotatable bonds is 9. The predicted molar refractivity (Wildman–Crippen MR) is 111 cm³/mol. The summed E-state index contributed by atoms with van der Waals surface area (Å²) in [5, 5.41) is 6.84. The van der Waals surface area contributed by atoms with Gasteiger partial charge in [-0.05, 0) is 59.7 Å². The molecule has 28 heavy (non-hydrogen) atoms. The monoisotopic (exact) mass is 395 g/mol. The average molecular weight is 396 g/mol. The number of nitrogens with zero attached hydrogens (tertiary/aromatic N) is 1. The van der Waals surface area contributed by atoms with E-state index >= 15 is 0 Å². The predicted octanol–water partition coefficient (Wildman–Crippen LogP) is 4.43. The van der Waals surface area contributed by atoms with E-state index in [4.69, 9.17) is 16.3 Å². The Kier molecular flexibility index (Phi) is 7.41. The maximum absolute atomic E-state index is 12.0. The van der Waals surface area contributed by atoms with Crippen LogP contribution in [0.1, 0.15) is 17.5 Å². The van der Waals surface area contributed by atoms with E-state index in [1.165, 1.54) is 0 Å². The Morgan fingerprint density at radius 2 is 1.64 bits per heavy atom. The summed E-state index contributed by atoms with van der Waals surface area (Å²) < 4.78 is 5.74. The van der Waals surface area contributed by atoms with Gasteiger partial charge in [0.25, 0.3) is 0 Å². The number of benzene rings is 2. The second-order valence-corrected chi connectivity index (χ2v) is 6.71. The highest BCUT2D eigenvalue weighted by Gasteiger charge is 2.03. The van der Waals surface area contributed by atoms with E-state index in [2.05, 4.69) is 15.6 Å². The summed E-state index contributed by atoms with van der Waals surface area (Å²) in [5.41, 5.74) is 2.93. The van der Waals surface area contributed by atoms with Crippen LogP contribution in [-0.2, 0) is 17.9 Å². The molecule has 2 aromatic carbocycles. The summed E-state index contributed by atoms with van der Waals surface area (Å²) >= 11 is 5.87. The van der Waals surface area contributed by atoms with Crippen molar-refractivity contribution in [1.82, 2.24) is 10.3 Å². The van der Waals surface area contributed by atoms with Crippen LogP contribution >= 0.6 is 11.6 Å². The first kappa shape index (κ1) is 19.9. The molecule has 0 fully saturated rings. The van der Waals surface area contributed by atoms with Gasteiger partial charge in [-0.25, -0.2) is 0 Å². The average Bonchev–Trinajstić information content (AvgIpc) is 2.73. The topological polar surface area (TPSA) is 63.2 Å². The number of amides is 1. The third-order valence-electron chi connectivity index (χ3n) is 4.06. The van der Waals surface area contributed by atoms with Crippen LogP contribution in [0.25, 0.3) is 0 Å². The number of pyridine rings is 1. The van der Waals surface area contributed by atoms with Crippen molar-refractivity contribution in [2.75, 3.05) is 11.9 Å². The van der Waals surface area contributed by atoms with Gasteiger partial charge in [0.1, 0.15) is 12.4 Å². The minimum atomic E-state index is -0.0305. The van der Waals surface area contributed by atoms with Gasteiger partial charge < -0.3 is 15.4 Å². The lowest BCUT2D eigenvalue weighted by Gasteiger charge is -2.09. The molecule has 0 aliphatic rings. The van der Waals surface area contributed by atoms with E-state index in [0.717, 1.165) is 29.1 Å². The molecule has 1 heterocycles. The van der Waals surface area contributed by atoms with Crippen LogP contribution in [0, 0.1) is 0 Å². The number of aromatic nitrogens is 1. The lowest BCUT2D eigenvalue weighted by molar-refractivity contribution is -0.116. The van der Waals surface area contributed by atoms with Crippen molar-refractivity contribution in [3.05, 3.63) is 89.2 Å². The van der Waals surface area contributed by atoms with Crippen LogP contribution in [0.5, 0.6) is 5.75 Å². The Labute approximate surface area is 169 Å². The molecule has 1 amide bonds. The molecule has 2 N–H and O–H groups in total. The van der Waals surface area contributed by atoms with Gasteiger partial charge in [-0.15, -0.1) is 0 Å². The first-order valence-electron chi connectivity index (χ1n) is 9.06. The molecule has 0 atom stereocenters. The fourth-order valence-electron chi connectivity index (χ4n) is 2.54. The number of halogens is 1. The largest absolute Gasteiger partial charge is 0.489 e. The fourth-order valence-corrected chi connectivity index (χ4v) is 2.67. The summed E-state index contributed by atoms with van der Waals surface area (Å²) in [6.07, 6.45) is 3.92. The van der Waals surface area contributed by atoms with Crippen LogP contribution in [0.3, 0.4) is 0 Å². The van der Waals surface area contributed by atoms with Gasteiger partial charge >= 0.3 is 0 Å². The molecule has 6 heteroatoms. The summed E-state index contributed by atoms with van der Waals surface area (Å²) in [6.45, 7) is 1.79. The van der Waals surface area contributed by atoms with E-state index in [1.54, 1.807) is 12.4 Å². The molecular formula is C22H22ClN3O2. The van der Waals surface area contributed by atoms with Crippen LogP contribution in [-0.4, -0.2) is 17.4 Å². The van der Waals surface area contributed by atoms with E-state index in [1.807, 2.05) is 60.7 Å². The molecule has 0 spiro atoms. The quantitative estimate of drug-likeness (QED) is 0.526. The van der Waals surface area contributed by atoms with E-state index in [9.17, 15) is 4.79 Å². The molecule has 3 rings (SSSR count). The van der Waals surface area contributed by atoms with E-state index in [-0.39, 0.29) is 5.91 Å². The lowest BCUT2D eigenvalue weighted by Crippen LogP contribution is -2.21. The number of hydrogen-bond acceptors (Lipinski definition) is 4. The van der Waals surface area contributed by atoms with Gasteiger partial charge in [0.05, 0.1) is 0 Å². The zero-order valence-electron chi connectivity index (χ0n) is 15.4. The number of nitrogens with one attached hydrogen (secondary N) is 2. The van der Waals surface area contributed by atoms with Gasteiger partial charge in [0.15, 0.2) is 0 Å². The Morgan fingerprint density at radius 3 is 2.36 bits per heavy atom. The Hall–Kier alpha value is -2.89. The molecule has 144 valence electrons. The molecule has 0 unspecified atom stereocenters. The molecule has 0 aliphatic heterocycles. The molecule has 0 saturated carbocycles. The van der Waals surface area contributed by atoms with Crippen molar-refractivity contribution in [2.45, 2.75) is 19.6 Å². The maximum atomic E-state index is 12.0. The maximum Gasteiger partial charge on any atom is 0.225 e. The first-order valence-corrected chi connectivity index (χ1v) is 9.43. The van der Waals surface area contributed by atoms with Crippen LogP contribution < -0.4 is 15.4 Å². The summed E-state index contributed by atoms with van der Waals surface area (Å²) in [4.78, 5) is 16.0. The lowest BCUT2D eigenvalue weighted by atomic mass is 10.2. The van der Waals surface area contributed by atoms with Crippen molar-refractivity contribution in [2.24, 2.45) is 0 Å². The number of hydrogen-bond donors (Lipinski definition) is 2. The second kappa shape index (κ2) is 10.4. The number of ether oxygens (including phenoxy) is 1. The van der Waals surface area contributed by atoms with Gasteiger partial charge in [-0.1, -0.05) is 23.7 Å². The number of carbonyl (C=O) groups excluding carboxylic acids is 1. The van der Waals surface area contributed by atoms with Gasteiger partial charge in [0.2, 0.25) is 5.91 Å². The highest BCUT2D eigenvalue weighted by molar-refractivity contribution is 6.30. The van der Waals surface area contributed by atoms with Gasteiger partial charge in [0, 0.05) is 42.6 Å². The zero-order chi connectivity index (χ0) is 19.6. The SMILES string of the molecule is O=C(CCNCc1ccncc1)Nc1ccc(OCc2ccc(Cl)cc2)cc1. The summed E-state index contributed by atoms with van der Waals surface area (Å²) in [5.74, 6) is 0.712. The molecule has 5 nitrogen and oxygen atoms in total. The van der Waals surface area contributed by atoms with Crippen LogP contribution in [0.4, 0.5) is 5.69 Å². The first-order chi connectivity index (χ1) is 13.7. The van der Waals surface area contributed by atoms with E-state index in [0.29, 0.717) is 24.6 Å². The standard InChI is InChI=1S/C22H22ClN3O2/c23-19-3-1-18(2-4-19)16-28-21-7-5-20(6-8-21)26-22(27)11-14-25-15-17-9-12-24-13-10-17/h1-10,12-13,25H,11,14-16H2,(H,26,27). The second-order valence-electron chi connectivity index (χ2n) is 6.27.